The fraction of sp³-hybridized carbons (Fsp3) is 0.417. The molecule has 2 nitrogen and oxygen atoms in total. The molecule has 0 aromatic heterocycles. The topological polar surface area (TPSA) is 44.0 Å². The van der Waals surface area contributed by atoms with Gasteiger partial charge in [-0.05, 0) is 29.5 Å². The van der Waals surface area contributed by atoms with E-state index in [1.165, 1.54) is 0 Å². The number of nitriles is 1. The van der Waals surface area contributed by atoms with Crippen molar-refractivity contribution in [3.8, 4) is 11.8 Å². The normalized spacial score (nSPS) is 10.1. The molecule has 0 amide bonds. The van der Waals surface area contributed by atoms with Crippen molar-refractivity contribution < 1.29 is 5.11 Å². The molecule has 1 aromatic rings. The first-order valence-corrected chi connectivity index (χ1v) is 4.84. The molecule has 0 bridgehead atoms. The predicted octanol–water partition coefficient (Wildman–Crippen LogP) is 2.97. The number of benzene rings is 1. The van der Waals surface area contributed by atoms with Gasteiger partial charge in [0.25, 0.3) is 0 Å². The van der Waals surface area contributed by atoms with Crippen LogP contribution in [-0.2, 0) is 6.42 Å². The molecule has 1 rings (SSSR count). The van der Waals surface area contributed by atoms with Crippen molar-refractivity contribution >= 4 is 0 Å². The molecule has 0 fully saturated rings. The number of nitrogens with zero attached hydrogens (tertiary/aromatic N) is 1. The molecule has 0 saturated heterocycles. The van der Waals surface area contributed by atoms with Crippen LogP contribution in [0.5, 0.6) is 5.75 Å². The third-order valence-electron chi connectivity index (χ3n) is 2.24. The molecule has 0 unspecified atom stereocenters. The summed E-state index contributed by atoms with van der Waals surface area (Å²) in [4.78, 5) is 0. The summed E-state index contributed by atoms with van der Waals surface area (Å²) in [7, 11) is 0. The monoisotopic (exact) mass is 189 g/mol. The van der Waals surface area contributed by atoms with Gasteiger partial charge in [-0.3, -0.25) is 0 Å². The molecule has 0 heterocycles. The molecule has 0 aliphatic rings. The fourth-order valence-electron chi connectivity index (χ4n) is 1.42. The third-order valence-corrected chi connectivity index (χ3v) is 2.24. The number of aryl methyl sites for hydroxylation is 1. The lowest BCUT2D eigenvalue weighted by Gasteiger charge is -2.09. The summed E-state index contributed by atoms with van der Waals surface area (Å²) in [5.41, 5.74) is 2.08. The number of rotatable bonds is 3. The quantitative estimate of drug-likeness (QED) is 0.794. The van der Waals surface area contributed by atoms with Crippen molar-refractivity contribution in [1.82, 2.24) is 0 Å². The summed E-state index contributed by atoms with van der Waals surface area (Å²) in [5.74, 6) is 0.665. The van der Waals surface area contributed by atoms with Gasteiger partial charge in [-0.25, -0.2) is 0 Å². The molecule has 74 valence electrons. The number of hydrogen-bond acceptors (Lipinski definition) is 2. The Hall–Kier alpha value is -1.49. The van der Waals surface area contributed by atoms with E-state index in [2.05, 4.69) is 6.07 Å². The third kappa shape index (κ3) is 2.50. The van der Waals surface area contributed by atoms with Crippen molar-refractivity contribution in [3.63, 3.8) is 0 Å². The summed E-state index contributed by atoms with van der Waals surface area (Å²) in [6, 6.07) is 7.68. The highest BCUT2D eigenvalue weighted by Crippen LogP contribution is 2.26. The van der Waals surface area contributed by atoms with Crippen LogP contribution >= 0.6 is 0 Å². The minimum absolute atomic E-state index is 0.317. The molecule has 1 N–H and O–H groups in total. The molecule has 14 heavy (non-hydrogen) atoms. The molecule has 0 aliphatic heterocycles. The number of aromatic hydroxyl groups is 1. The maximum absolute atomic E-state index is 9.57. The maximum atomic E-state index is 9.57. The average Bonchev–Trinajstić information content (AvgIpc) is 2.16. The lowest BCUT2D eigenvalue weighted by atomic mass is 9.98. The van der Waals surface area contributed by atoms with E-state index in [-0.39, 0.29) is 0 Å². The summed E-state index contributed by atoms with van der Waals surface area (Å²) < 4.78 is 0. The van der Waals surface area contributed by atoms with E-state index < -0.39 is 0 Å². The Kier molecular flexibility index (Phi) is 3.53. The molecular formula is C12H15NO. The van der Waals surface area contributed by atoms with Gasteiger partial charge in [-0.2, -0.15) is 5.26 Å². The number of phenols is 1. The van der Waals surface area contributed by atoms with Crippen LogP contribution < -0.4 is 0 Å². The first-order chi connectivity index (χ1) is 6.65. The first kappa shape index (κ1) is 10.6. The molecule has 0 spiro atoms. The molecule has 1 aromatic carbocycles. The van der Waals surface area contributed by atoms with Gasteiger partial charge in [0.15, 0.2) is 0 Å². The highest BCUT2D eigenvalue weighted by atomic mass is 16.3. The largest absolute Gasteiger partial charge is 0.508 e. The van der Waals surface area contributed by atoms with Gasteiger partial charge in [0, 0.05) is 6.42 Å². The Labute approximate surface area is 84.8 Å². The van der Waals surface area contributed by atoms with Crippen molar-refractivity contribution in [2.45, 2.75) is 32.6 Å². The Balaban J connectivity index is 2.90. The summed E-state index contributed by atoms with van der Waals surface area (Å²) in [6.45, 7) is 4.09. The van der Waals surface area contributed by atoms with Crippen LogP contribution in [-0.4, -0.2) is 5.11 Å². The van der Waals surface area contributed by atoms with Crippen LogP contribution in [0.15, 0.2) is 18.2 Å². The SMILES string of the molecule is CC(C)c1cc(CCC#N)ccc1O. The number of hydrogen-bond donors (Lipinski definition) is 1. The van der Waals surface area contributed by atoms with Crippen LogP contribution in [0.25, 0.3) is 0 Å². The van der Waals surface area contributed by atoms with Gasteiger partial charge in [0.05, 0.1) is 6.07 Å². The maximum Gasteiger partial charge on any atom is 0.119 e. The highest BCUT2D eigenvalue weighted by Gasteiger charge is 2.06. The van der Waals surface area contributed by atoms with Crippen LogP contribution in [0.4, 0.5) is 0 Å². The fourth-order valence-corrected chi connectivity index (χ4v) is 1.42. The Morgan fingerprint density at radius 1 is 1.43 bits per heavy atom. The standard InChI is InChI=1S/C12H15NO/c1-9(2)11-8-10(4-3-7-13)5-6-12(11)14/h5-6,8-9,14H,3-4H2,1-2H3. The lowest BCUT2D eigenvalue weighted by molar-refractivity contribution is 0.464. The van der Waals surface area contributed by atoms with Gasteiger partial charge in [-0.15, -0.1) is 0 Å². The van der Waals surface area contributed by atoms with E-state index >= 15 is 0 Å². The Morgan fingerprint density at radius 2 is 2.14 bits per heavy atom. The number of phenolic OH excluding ortho intramolecular Hbond substituents is 1. The molecule has 0 atom stereocenters. The highest BCUT2D eigenvalue weighted by molar-refractivity contribution is 5.38. The van der Waals surface area contributed by atoms with E-state index in [0.717, 1.165) is 17.5 Å². The van der Waals surface area contributed by atoms with E-state index in [9.17, 15) is 5.11 Å². The second-order valence-electron chi connectivity index (χ2n) is 3.71. The van der Waals surface area contributed by atoms with Crippen LogP contribution in [0.1, 0.15) is 37.3 Å². The second kappa shape index (κ2) is 4.66. The molecule has 0 radical (unpaired) electrons. The van der Waals surface area contributed by atoms with Gasteiger partial charge in [0.2, 0.25) is 0 Å². The zero-order chi connectivity index (χ0) is 10.6. The van der Waals surface area contributed by atoms with Gasteiger partial charge in [-0.1, -0.05) is 26.0 Å². The minimum Gasteiger partial charge on any atom is -0.508 e. The van der Waals surface area contributed by atoms with Crippen LogP contribution in [0, 0.1) is 11.3 Å². The van der Waals surface area contributed by atoms with Crippen molar-refractivity contribution in [2.24, 2.45) is 0 Å². The molecule has 0 saturated carbocycles. The minimum atomic E-state index is 0.317. The van der Waals surface area contributed by atoms with Crippen molar-refractivity contribution in [3.05, 3.63) is 29.3 Å². The van der Waals surface area contributed by atoms with E-state index in [0.29, 0.717) is 18.1 Å². The Bertz CT molecular complexity index is 350. The van der Waals surface area contributed by atoms with Gasteiger partial charge < -0.3 is 5.11 Å². The second-order valence-corrected chi connectivity index (χ2v) is 3.71. The van der Waals surface area contributed by atoms with E-state index in [4.69, 9.17) is 5.26 Å². The van der Waals surface area contributed by atoms with Crippen LogP contribution in [0.3, 0.4) is 0 Å². The van der Waals surface area contributed by atoms with Gasteiger partial charge >= 0.3 is 0 Å². The Morgan fingerprint density at radius 3 is 2.71 bits per heavy atom. The lowest BCUT2D eigenvalue weighted by Crippen LogP contribution is -1.91. The van der Waals surface area contributed by atoms with Crippen molar-refractivity contribution in [1.29, 1.82) is 5.26 Å². The first-order valence-electron chi connectivity index (χ1n) is 4.84. The zero-order valence-electron chi connectivity index (χ0n) is 8.62. The predicted molar refractivity (Wildman–Crippen MR) is 56.1 cm³/mol. The van der Waals surface area contributed by atoms with Gasteiger partial charge in [0.1, 0.15) is 5.75 Å². The van der Waals surface area contributed by atoms with E-state index in [1.54, 1.807) is 6.07 Å². The van der Waals surface area contributed by atoms with Crippen LogP contribution in [0.2, 0.25) is 0 Å². The molecular weight excluding hydrogens is 174 g/mol. The zero-order valence-corrected chi connectivity index (χ0v) is 8.62. The molecule has 0 aliphatic carbocycles. The smallest absolute Gasteiger partial charge is 0.119 e. The van der Waals surface area contributed by atoms with Crippen molar-refractivity contribution in [2.75, 3.05) is 0 Å². The molecule has 2 heteroatoms. The summed E-state index contributed by atoms with van der Waals surface area (Å²) in [5, 5.41) is 18.0. The van der Waals surface area contributed by atoms with E-state index in [1.807, 2.05) is 26.0 Å². The summed E-state index contributed by atoms with van der Waals surface area (Å²) in [6.07, 6.45) is 1.29. The average molecular weight is 189 g/mol. The summed E-state index contributed by atoms with van der Waals surface area (Å²) >= 11 is 0.